The highest BCUT2D eigenvalue weighted by Gasteiger charge is 2.57. The van der Waals surface area contributed by atoms with Gasteiger partial charge in [0, 0.05) is 13.5 Å². The Morgan fingerprint density at radius 3 is 2.44 bits per heavy atom. The Hall–Kier alpha value is -0.930. The van der Waals surface area contributed by atoms with Gasteiger partial charge >= 0.3 is 0 Å². The van der Waals surface area contributed by atoms with Crippen LogP contribution in [0, 0.1) is 5.92 Å². The predicted octanol–water partition coefficient (Wildman–Crippen LogP) is -1.38. The van der Waals surface area contributed by atoms with Crippen molar-refractivity contribution in [3.8, 4) is 0 Å². The number of fused-ring (bicyclic) bond motifs is 1. The molecule has 0 aromatic carbocycles. The van der Waals surface area contributed by atoms with Crippen LogP contribution in [-0.2, 0) is 33.2 Å². The highest BCUT2D eigenvalue weighted by Crippen LogP contribution is 2.40. The first kappa shape index (κ1) is 27.7. The molecule has 0 aromatic heterocycles. The van der Waals surface area contributed by atoms with E-state index >= 15 is 0 Å². The molecule has 10 atom stereocenters. The van der Waals surface area contributed by atoms with Gasteiger partial charge in [0.25, 0.3) is 0 Å². The first-order chi connectivity index (χ1) is 15.9. The van der Waals surface area contributed by atoms with Gasteiger partial charge in [0.2, 0.25) is 5.91 Å². The number of hydrogen-bond acceptors (Lipinski definition) is 11. The fourth-order valence-corrected chi connectivity index (χ4v) is 4.34. The molecule has 0 bridgehead atoms. The Morgan fingerprint density at radius 2 is 1.82 bits per heavy atom. The molecular weight excluding hydrogens is 454 g/mol. The lowest BCUT2D eigenvalue weighted by molar-refractivity contribution is -0.281. The van der Waals surface area contributed by atoms with E-state index in [2.05, 4.69) is 19.2 Å². The number of aliphatic hydroxyl groups excluding tert-OH is 4. The molecule has 5 N–H and O–H groups in total. The molecule has 3 aliphatic heterocycles. The Morgan fingerprint density at radius 1 is 1.12 bits per heavy atom. The minimum absolute atomic E-state index is 0.306. The van der Waals surface area contributed by atoms with Crippen LogP contribution < -0.4 is 5.32 Å². The number of hydrogen-bond donors (Lipinski definition) is 5. The number of aliphatic hydroxyl groups is 4. The van der Waals surface area contributed by atoms with Gasteiger partial charge in [0.1, 0.15) is 48.8 Å². The van der Waals surface area contributed by atoms with E-state index in [1.807, 2.05) is 0 Å². The zero-order valence-electron chi connectivity index (χ0n) is 20.3. The van der Waals surface area contributed by atoms with Gasteiger partial charge in [-0.3, -0.25) is 4.79 Å². The van der Waals surface area contributed by atoms with E-state index in [9.17, 15) is 25.2 Å². The van der Waals surface area contributed by atoms with Gasteiger partial charge < -0.3 is 54.2 Å². The van der Waals surface area contributed by atoms with E-state index in [1.165, 1.54) is 6.92 Å². The van der Waals surface area contributed by atoms with Crippen LogP contribution >= 0.6 is 0 Å². The van der Waals surface area contributed by atoms with Crippen molar-refractivity contribution in [2.24, 2.45) is 5.92 Å². The summed E-state index contributed by atoms with van der Waals surface area (Å²) in [5.74, 6) is -0.893. The molecule has 1 amide bonds. The van der Waals surface area contributed by atoms with Crippen molar-refractivity contribution in [2.45, 2.75) is 108 Å². The summed E-state index contributed by atoms with van der Waals surface area (Å²) < 4.78 is 34.9. The number of nitrogens with one attached hydrogen (secondary N) is 1. The van der Waals surface area contributed by atoms with Crippen molar-refractivity contribution >= 4 is 5.91 Å². The topological polar surface area (TPSA) is 165 Å². The summed E-state index contributed by atoms with van der Waals surface area (Å²) in [5, 5.41) is 43.4. The second-order valence-electron chi connectivity index (χ2n) is 9.92. The second-order valence-corrected chi connectivity index (χ2v) is 9.92. The van der Waals surface area contributed by atoms with Crippen LogP contribution in [0.5, 0.6) is 0 Å². The molecule has 12 nitrogen and oxygen atoms in total. The van der Waals surface area contributed by atoms with Crippen LogP contribution in [-0.4, -0.2) is 113 Å². The summed E-state index contributed by atoms with van der Waals surface area (Å²) in [7, 11) is 0. The summed E-state index contributed by atoms with van der Waals surface area (Å²) in [6.45, 7) is 8.52. The minimum Gasteiger partial charge on any atom is -0.394 e. The van der Waals surface area contributed by atoms with Crippen LogP contribution in [0.1, 0.15) is 41.0 Å². The van der Waals surface area contributed by atoms with Gasteiger partial charge in [-0.05, 0) is 26.2 Å². The minimum atomic E-state index is -1.45. The summed E-state index contributed by atoms with van der Waals surface area (Å²) >= 11 is 0. The molecule has 3 aliphatic rings. The lowest BCUT2D eigenvalue weighted by Crippen LogP contribution is -2.64. The number of rotatable bonds is 10. The van der Waals surface area contributed by atoms with Gasteiger partial charge in [-0.2, -0.15) is 0 Å². The fourth-order valence-electron chi connectivity index (χ4n) is 4.34. The fraction of sp³-hybridized carbons (Fsp3) is 0.955. The standard InChI is InChI=1S/C22H39NO11/c1-10(2)6-7-29-18-17(32-21-19(18)33-22(4,5)34-21)12(26)9-30-20-14(23-11(3)25)16(28)15(27)13(8-24)31-20/h10,12-21,24,26-28H,6-9H2,1-5H3,(H,23,25)/t12-,13+,14+,15+,16+,17+,18-,19+,20+,21+/m0/s1. The Bertz CT molecular complexity index is 677. The molecule has 0 saturated carbocycles. The van der Waals surface area contributed by atoms with E-state index < -0.39 is 79.7 Å². The number of carbonyl (C=O) groups is 1. The van der Waals surface area contributed by atoms with Crippen molar-refractivity contribution in [2.75, 3.05) is 19.8 Å². The van der Waals surface area contributed by atoms with Crippen molar-refractivity contribution in [3.05, 3.63) is 0 Å². The van der Waals surface area contributed by atoms with Crippen molar-refractivity contribution < 1.29 is 53.6 Å². The maximum Gasteiger partial charge on any atom is 0.217 e. The normalized spacial score (nSPS) is 40.4. The molecule has 0 aliphatic carbocycles. The molecular formula is C22H39NO11. The molecule has 0 aromatic rings. The molecule has 12 heteroatoms. The van der Waals surface area contributed by atoms with Gasteiger partial charge in [0.05, 0.1) is 13.2 Å². The maximum absolute atomic E-state index is 11.6. The molecule has 3 heterocycles. The highest BCUT2D eigenvalue weighted by molar-refractivity contribution is 5.73. The quantitative estimate of drug-likeness (QED) is 0.243. The third-order valence-corrected chi connectivity index (χ3v) is 6.09. The number of carbonyl (C=O) groups excluding carboxylic acids is 1. The smallest absolute Gasteiger partial charge is 0.217 e. The number of ether oxygens (including phenoxy) is 6. The SMILES string of the molecule is CC(=O)N[C@H]1[C@H](OC[C@H](O)[C@H]2O[C@@H]3OC(C)(C)O[C@@H]3[C@H]2OCCC(C)C)O[C@H](CO)[C@@H](O)[C@@H]1O. The molecule has 34 heavy (non-hydrogen) atoms. The lowest BCUT2D eigenvalue weighted by atomic mass is 9.97. The van der Waals surface area contributed by atoms with Gasteiger partial charge in [0.15, 0.2) is 18.4 Å². The van der Waals surface area contributed by atoms with Crippen molar-refractivity contribution in [3.63, 3.8) is 0 Å². The average molecular weight is 494 g/mol. The molecule has 0 unspecified atom stereocenters. The second kappa shape index (κ2) is 11.4. The molecule has 0 spiro atoms. The average Bonchev–Trinajstić information content (AvgIpc) is 3.22. The zero-order chi connectivity index (χ0) is 25.2. The van der Waals surface area contributed by atoms with Gasteiger partial charge in [-0.25, -0.2) is 0 Å². The van der Waals surface area contributed by atoms with Crippen LogP contribution in [0.3, 0.4) is 0 Å². The summed E-state index contributed by atoms with van der Waals surface area (Å²) in [4.78, 5) is 11.6. The largest absolute Gasteiger partial charge is 0.394 e. The first-order valence-corrected chi connectivity index (χ1v) is 11.8. The predicted molar refractivity (Wildman–Crippen MR) is 115 cm³/mol. The Kier molecular flexibility index (Phi) is 9.29. The third kappa shape index (κ3) is 6.44. The van der Waals surface area contributed by atoms with Crippen molar-refractivity contribution in [1.82, 2.24) is 5.32 Å². The van der Waals surface area contributed by atoms with E-state index in [1.54, 1.807) is 13.8 Å². The van der Waals surface area contributed by atoms with E-state index in [0.29, 0.717) is 12.5 Å². The summed E-state index contributed by atoms with van der Waals surface area (Å²) in [6, 6.07) is -1.11. The molecule has 3 fully saturated rings. The van der Waals surface area contributed by atoms with Gasteiger partial charge in [-0.1, -0.05) is 13.8 Å². The third-order valence-electron chi connectivity index (χ3n) is 6.09. The lowest BCUT2D eigenvalue weighted by Gasteiger charge is -2.42. The summed E-state index contributed by atoms with van der Waals surface area (Å²) in [5.41, 5.74) is 0. The first-order valence-electron chi connectivity index (χ1n) is 11.8. The molecule has 3 rings (SSSR count). The van der Waals surface area contributed by atoms with Crippen LogP contribution in [0.4, 0.5) is 0 Å². The van der Waals surface area contributed by atoms with Crippen molar-refractivity contribution in [1.29, 1.82) is 0 Å². The van der Waals surface area contributed by atoms with Gasteiger partial charge in [-0.15, -0.1) is 0 Å². The zero-order valence-corrected chi connectivity index (χ0v) is 20.3. The van der Waals surface area contributed by atoms with E-state index in [-0.39, 0.29) is 6.61 Å². The monoisotopic (exact) mass is 493 g/mol. The highest BCUT2D eigenvalue weighted by atomic mass is 16.8. The van der Waals surface area contributed by atoms with Crippen LogP contribution in [0.15, 0.2) is 0 Å². The maximum atomic E-state index is 11.6. The Balaban J connectivity index is 1.66. The van der Waals surface area contributed by atoms with Crippen LogP contribution in [0.2, 0.25) is 0 Å². The molecule has 198 valence electrons. The van der Waals surface area contributed by atoms with Crippen LogP contribution in [0.25, 0.3) is 0 Å². The number of amides is 1. The summed E-state index contributed by atoms with van der Waals surface area (Å²) in [6.07, 6.45) is -8.30. The molecule has 0 radical (unpaired) electrons. The van der Waals surface area contributed by atoms with E-state index in [0.717, 1.165) is 6.42 Å². The van der Waals surface area contributed by atoms with E-state index in [4.69, 9.17) is 28.4 Å². The molecule has 3 saturated heterocycles. The Labute approximate surface area is 199 Å².